The highest BCUT2D eigenvalue weighted by Crippen LogP contribution is 2.25. The Morgan fingerprint density at radius 2 is 2.00 bits per heavy atom. The van der Waals surface area contributed by atoms with E-state index >= 15 is 0 Å². The average Bonchev–Trinajstić information content (AvgIpc) is 2.65. The molecule has 0 atom stereocenters. The zero-order valence-corrected chi connectivity index (χ0v) is 9.40. The molecule has 1 aromatic carbocycles. The van der Waals surface area contributed by atoms with Crippen molar-refractivity contribution in [3.63, 3.8) is 0 Å². The first-order chi connectivity index (χ1) is 6.79. The third-order valence-corrected chi connectivity index (χ3v) is 3.28. The van der Waals surface area contributed by atoms with Gasteiger partial charge in [-0.15, -0.1) is 22.9 Å². The SMILES string of the molecule is Cc1ncc(-c2ccc(CCl)cc2)s1. The lowest BCUT2D eigenvalue weighted by molar-refractivity contribution is 1.30. The summed E-state index contributed by atoms with van der Waals surface area (Å²) in [5.41, 5.74) is 2.36. The molecule has 3 heteroatoms. The molecule has 2 aromatic rings. The van der Waals surface area contributed by atoms with Gasteiger partial charge in [-0.3, -0.25) is 0 Å². The van der Waals surface area contributed by atoms with Crippen LogP contribution in [0.2, 0.25) is 0 Å². The van der Waals surface area contributed by atoms with Crippen molar-refractivity contribution in [1.82, 2.24) is 4.98 Å². The second kappa shape index (κ2) is 4.11. The molecule has 0 radical (unpaired) electrons. The molecule has 0 bridgehead atoms. The molecule has 1 nitrogen and oxygen atoms in total. The Bertz CT molecular complexity index is 419. The maximum absolute atomic E-state index is 5.72. The van der Waals surface area contributed by atoms with E-state index < -0.39 is 0 Å². The van der Waals surface area contributed by atoms with E-state index in [0.29, 0.717) is 5.88 Å². The van der Waals surface area contributed by atoms with E-state index in [0.717, 1.165) is 10.6 Å². The third kappa shape index (κ3) is 1.97. The molecular weight excluding hydrogens is 214 g/mol. The number of hydrogen-bond acceptors (Lipinski definition) is 2. The molecule has 0 fully saturated rings. The monoisotopic (exact) mass is 223 g/mol. The van der Waals surface area contributed by atoms with Crippen molar-refractivity contribution in [3.05, 3.63) is 41.0 Å². The van der Waals surface area contributed by atoms with Crippen LogP contribution in [0.5, 0.6) is 0 Å². The summed E-state index contributed by atoms with van der Waals surface area (Å²) in [7, 11) is 0. The van der Waals surface area contributed by atoms with Crippen LogP contribution in [0, 0.1) is 6.92 Å². The fourth-order valence-corrected chi connectivity index (χ4v) is 2.21. The van der Waals surface area contributed by atoms with Crippen molar-refractivity contribution in [2.75, 3.05) is 0 Å². The normalized spacial score (nSPS) is 10.4. The predicted molar refractivity (Wildman–Crippen MR) is 61.8 cm³/mol. The lowest BCUT2D eigenvalue weighted by Crippen LogP contribution is -1.77. The number of rotatable bonds is 2. The summed E-state index contributed by atoms with van der Waals surface area (Å²) in [5.74, 6) is 0.571. The summed E-state index contributed by atoms with van der Waals surface area (Å²) in [6, 6.07) is 8.28. The lowest BCUT2D eigenvalue weighted by Gasteiger charge is -1.97. The lowest BCUT2D eigenvalue weighted by atomic mass is 10.1. The molecule has 0 saturated heterocycles. The zero-order chi connectivity index (χ0) is 9.97. The third-order valence-electron chi connectivity index (χ3n) is 2.01. The Labute approximate surface area is 92.4 Å². The maximum atomic E-state index is 5.72. The molecule has 0 N–H and O–H groups in total. The van der Waals surface area contributed by atoms with E-state index in [1.807, 2.05) is 13.1 Å². The molecule has 0 unspecified atom stereocenters. The van der Waals surface area contributed by atoms with Crippen LogP contribution in [-0.4, -0.2) is 4.98 Å². The highest BCUT2D eigenvalue weighted by atomic mass is 35.5. The Balaban J connectivity index is 2.33. The second-order valence-electron chi connectivity index (χ2n) is 3.07. The maximum Gasteiger partial charge on any atom is 0.0900 e. The van der Waals surface area contributed by atoms with E-state index in [-0.39, 0.29) is 0 Å². The number of thiazole rings is 1. The molecule has 0 amide bonds. The predicted octanol–water partition coefficient (Wildman–Crippen LogP) is 3.86. The van der Waals surface area contributed by atoms with Gasteiger partial charge in [-0.1, -0.05) is 24.3 Å². The van der Waals surface area contributed by atoms with Crippen LogP contribution in [0.25, 0.3) is 10.4 Å². The van der Waals surface area contributed by atoms with E-state index in [2.05, 4.69) is 29.2 Å². The highest BCUT2D eigenvalue weighted by Gasteiger charge is 2.01. The average molecular weight is 224 g/mol. The van der Waals surface area contributed by atoms with Gasteiger partial charge in [0.15, 0.2) is 0 Å². The van der Waals surface area contributed by atoms with Gasteiger partial charge >= 0.3 is 0 Å². The summed E-state index contributed by atoms with van der Waals surface area (Å²) in [6.07, 6.45) is 1.91. The van der Waals surface area contributed by atoms with Gasteiger partial charge in [0.1, 0.15) is 0 Å². The van der Waals surface area contributed by atoms with Gasteiger partial charge in [0.05, 0.1) is 9.88 Å². The van der Waals surface area contributed by atoms with Crippen LogP contribution < -0.4 is 0 Å². The summed E-state index contributed by atoms with van der Waals surface area (Å²) in [6.45, 7) is 2.02. The smallest absolute Gasteiger partial charge is 0.0900 e. The highest BCUT2D eigenvalue weighted by molar-refractivity contribution is 7.15. The molecule has 72 valence electrons. The molecule has 0 spiro atoms. The molecule has 0 aliphatic carbocycles. The van der Waals surface area contributed by atoms with Crippen LogP contribution in [0.15, 0.2) is 30.5 Å². The van der Waals surface area contributed by atoms with Crippen LogP contribution in [-0.2, 0) is 5.88 Å². The number of halogens is 1. The van der Waals surface area contributed by atoms with Gasteiger partial charge in [-0.25, -0.2) is 4.98 Å². The zero-order valence-electron chi connectivity index (χ0n) is 7.83. The largest absolute Gasteiger partial charge is 0.249 e. The van der Waals surface area contributed by atoms with E-state index in [1.165, 1.54) is 10.4 Å². The number of alkyl halides is 1. The fourth-order valence-electron chi connectivity index (χ4n) is 1.25. The summed E-state index contributed by atoms with van der Waals surface area (Å²) in [5, 5.41) is 1.10. The summed E-state index contributed by atoms with van der Waals surface area (Å²) >= 11 is 7.43. The Kier molecular flexibility index (Phi) is 2.85. The van der Waals surface area contributed by atoms with Crippen LogP contribution in [0.3, 0.4) is 0 Å². The van der Waals surface area contributed by atoms with Gasteiger partial charge in [-0.2, -0.15) is 0 Å². The number of aromatic nitrogens is 1. The number of benzene rings is 1. The summed E-state index contributed by atoms with van der Waals surface area (Å²) in [4.78, 5) is 5.44. The first-order valence-corrected chi connectivity index (χ1v) is 5.72. The van der Waals surface area contributed by atoms with Crippen molar-refractivity contribution in [3.8, 4) is 10.4 Å². The molecule has 0 aliphatic rings. The van der Waals surface area contributed by atoms with Crippen molar-refractivity contribution >= 4 is 22.9 Å². The number of aryl methyl sites for hydroxylation is 1. The van der Waals surface area contributed by atoms with Crippen molar-refractivity contribution in [2.24, 2.45) is 0 Å². The molecule has 2 rings (SSSR count). The van der Waals surface area contributed by atoms with Crippen molar-refractivity contribution in [2.45, 2.75) is 12.8 Å². The quantitative estimate of drug-likeness (QED) is 0.705. The van der Waals surface area contributed by atoms with Crippen LogP contribution >= 0.6 is 22.9 Å². The van der Waals surface area contributed by atoms with Crippen LogP contribution in [0.1, 0.15) is 10.6 Å². The van der Waals surface area contributed by atoms with Gasteiger partial charge in [0.2, 0.25) is 0 Å². The molecule has 0 saturated carbocycles. The minimum atomic E-state index is 0.571. The Morgan fingerprint density at radius 1 is 1.29 bits per heavy atom. The van der Waals surface area contributed by atoms with E-state index in [9.17, 15) is 0 Å². The Hall–Kier alpha value is -0.860. The number of nitrogens with zero attached hydrogens (tertiary/aromatic N) is 1. The van der Waals surface area contributed by atoms with Gasteiger partial charge in [0.25, 0.3) is 0 Å². The van der Waals surface area contributed by atoms with E-state index in [4.69, 9.17) is 11.6 Å². The first-order valence-electron chi connectivity index (χ1n) is 4.37. The second-order valence-corrected chi connectivity index (χ2v) is 4.58. The van der Waals surface area contributed by atoms with Crippen molar-refractivity contribution < 1.29 is 0 Å². The van der Waals surface area contributed by atoms with Crippen LogP contribution in [0.4, 0.5) is 0 Å². The molecule has 14 heavy (non-hydrogen) atoms. The molecule has 1 heterocycles. The molecule has 1 aromatic heterocycles. The topological polar surface area (TPSA) is 12.9 Å². The van der Waals surface area contributed by atoms with Gasteiger partial charge < -0.3 is 0 Å². The fraction of sp³-hybridized carbons (Fsp3) is 0.182. The van der Waals surface area contributed by atoms with Gasteiger partial charge in [-0.05, 0) is 18.1 Å². The number of hydrogen-bond donors (Lipinski definition) is 0. The first kappa shape index (κ1) is 9.69. The van der Waals surface area contributed by atoms with Gasteiger partial charge in [0, 0.05) is 12.1 Å². The van der Waals surface area contributed by atoms with Crippen molar-refractivity contribution in [1.29, 1.82) is 0 Å². The Morgan fingerprint density at radius 3 is 2.50 bits per heavy atom. The minimum Gasteiger partial charge on any atom is -0.249 e. The summed E-state index contributed by atoms with van der Waals surface area (Å²) < 4.78 is 0. The minimum absolute atomic E-state index is 0.571. The molecular formula is C11H10ClNS. The molecule has 0 aliphatic heterocycles. The van der Waals surface area contributed by atoms with E-state index in [1.54, 1.807) is 11.3 Å². The standard InChI is InChI=1S/C11H10ClNS/c1-8-13-7-11(14-8)10-4-2-9(6-12)3-5-10/h2-5,7H,6H2,1H3.